The lowest BCUT2D eigenvalue weighted by atomic mass is 9.98. The molecule has 0 unspecified atom stereocenters. The smallest absolute Gasteiger partial charge is 0.340 e. The van der Waals surface area contributed by atoms with Crippen LogP contribution < -0.4 is 10.5 Å². The van der Waals surface area contributed by atoms with Crippen LogP contribution >= 0.6 is 0 Å². The Labute approximate surface area is 198 Å². The highest BCUT2D eigenvalue weighted by molar-refractivity contribution is 5.95. The molecule has 0 spiro atoms. The summed E-state index contributed by atoms with van der Waals surface area (Å²) in [5.41, 5.74) is 10.5. The fourth-order valence-corrected chi connectivity index (χ4v) is 3.82. The van der Waals surface area contributed by atoms with Crippen LogP contribution in [0.5, 0.6) is 11.5 Å². The average Bonchev–Trinajstić information content (AvgIpc) is 3.23. The van der Waals surface area contributed by atoms with Crippen LogP contribution in [-0.4, -0.2) is 23.4 Å². The van der Waals surface area contributed by atoms with Crippen LogP contribution in [0.1, 0.15) is 45.2 Å². The summed E-state index contributed by atoms with van der Waals surface area (Å²) in [7, 11) is 0. The third-order valence-electron chi connectivity index (χ3n) is 5.44. The number of carbonyl (C=O) groups excluding carboxylic acids is 1. The number of rotatable bonds is 9. The molecule has 4 rings (SSSR count). The van der Waals surface area contributed by atoms with Gasteiger partial charge in [0.15, 0.2) is 0 Å². The number of nitrogen functional groups attached to an aromatic ring is 1. The summed E-state index contributed by atoms with van der Waals surface area (Å²) in [4.78, 5) is 16.1. The molecule has 4 N–H and O–H groups in total. The highest BCUT2D eigenvalue weighted by atomic mass is 16.5. The Morgan fingerprint density at radius 1 is 0.912 bits per heavy atom. The number of benzene rings is 3. The Morgan fingerprint density at radius 3 is 2.35 bits per heavy atom. The first-order valence-electron chi connectivity index (χ1n) is 11.1. The molecule has 0 saturated heterocycles. The number of H-pyrrole nitrogens is 1. The Hall–Kier alpha value is -4.32. The molecular weight excluding hydrogens is 426 g/mol. The van der Waals surface area contributed by atoms with E-state index in [2.05, 4.69) is 4.98 Å². The fourth-order valence-electron chi connectivity index (χ4n) is 3.82. The topological polar surface area (TPSA) is 101 Å². The van der Waals surface area contributed by atoms with E-state index in [9.17, 15) is 4.79 Å². The zero-order chi connectivity index (χ0) is 23.9. The molecule has 0 saturated carbocycles. The molecule has 0 radical (unpaired) electrons. The molecule has 0 amide bonds. The number of carbonyl (C=O) groups is 1. The predicted molar refractivity (Wildman–Crippen MR) is 133 cm³/mol. The largest absolute Gasteiger partial charge is 0.462 e. The SMILES string of the molecule is CCOC(=O)c1c(Cc2cccc(C(=N)N)c2)c[nH]c1Cc1ccc(Oc2ccccc2)cc1. The van der Waals surface area contributed by atoms with E-state index in [1.165, 1.54) is 0 Å². The van der Waals surface area contributed by atoms with Crippen LogP contribution in [0.2, 0.25) is 0 Å². The first-order valence-corrected chi connectivity index (χ1v) is 11.1. The van der Waals surface area contributed by atoms with E-state index >= 15 is 0 Å². The quantitative estimate of drug-likeness (QED) is 0.178. The molecule has 1 aromatic heterocycles. The number of aromatic amines is 1. The highest BCUT2D eigenvalue weighted by Crippen LogP contribution is 2.25. The van der Waals surface area contributed by atoms with Gasteiger partial charge in [0.1, 0.15) is 17.3 Å². The second-order valence-corrected chi connectivity index (χ2v) is 7.91. The first kappa shape index (κ1) is 22.9. The van der Waals surface area contributed by atoms with Crippen LogP contribution in [0, 0.1) is 5.41 Å². The van der Waals surface area contributed by atoms with E-state index < -0.39 is 0 Å². The lowest BCUT2D eigenvalue weighted by Crippen LogP contribution is -2.12. The number of ether oxygens (including phenoxy) is 2. The van der Waals surface area contributed by atoms with Gasteiger partial charge in [-0.25, -0.2) is 4.79 Å². The van der Waals surface area contributed by atoms with Crippen molar-refractivity contribution in [2.75, 3.05) is 6.61 Å². The highest BCUT2D eigenvalue weighted by Gasteiger charge is 2.20. The summed E-state index contributed by atoms with van der Waals surface area (Å²) >= 11 is 0. The Morgan fingerprint density at radius 2 is 1.65 bits per heavy atom. The minimum absolute atomic E-state index is 0.0157. The molecule has 6 heteroatoms. The monoisotopic (exact) mass is 453 g/mol. The fraction of sp³-hybridized carbons (Fsp3) is 0.143. The molecule has 0 bridgehead atoms. The number of nitrogens with one attached hydrogen (secondary N) is 2. The summed E-state index contributed by atoms with van der Waals surface area (Å²) in [5.74, 6) is 1.20. The lowest BCUT2D eigenvalue weighted by Gasteiger charge is -2.09. The van der Waals surface area contributed by atoms with Gasteiger partial charge in [-0.2, -0.15) is 0 Å². The number of nitrogens with two attached hydrogens (primary N) is 1. The van der Waals surface area contributed by atoms with Crippen LogP contribution in [0.25, 0.3) is 0 Å². The van der Waals surface area contributed by atoms with Crippen molar-refractivity contribution in [3.05, 3.63) is 119 Å². The summed E-state index contributed by atoms with van der Waals surface area (Å²) in [5, 5.41) is 7.67. The van der Waals surface area contributed by atoms with E-state index in [0.29, 0.717) is 30.6 Å². The van der Waals surface area contributed by atoms with Crippen molar-refractivity contribution in [3.63, 3.8) is 0 Å². The summed E-state index contributed by atoms with van der Waals surface area (Å²) in [6, 6.07) is 24.9. The number of esters is 1. The van der Waals surface area contributed by atoms with Gasteiger partial charge in [-0.3, -0.25) is 5.41 Å². The van der Waals surface area contributed by atoms with Crippen LogP contribution in [0.3, 0.4) is 0 Å². The average molecular weight is 454 g/mol. The Kier molecular flexibility index (Phi) is 7.08. The van der Waals surface area contributed by atoms with E-state index in [-0.39, 0.29) is 11.8 Å². The molecule has 0 atom stereocenters. The van der Waals surface area contributed by atoms with Crippen LogP contribution in [0.15, 0.2) is 85.1 Å². The second-order valence-electron chi connectivity index (χ2n) is 7.91. The van der Waals surface area contributed by atoms with Gasteiger partial charge < -0.3 is 20.2 Å². The zero-order valence-corrected chi connectivity index (χ0v) is 19.0. The molecule has 0 fully saturated rings. The number of para-hydroxylation sites is 1. The van der Waals surface area contributed by atoms with Gasteiger partial charge in [0.05, 0.1) is 12.2 Å². The molecular formula is C28H27N3O3. The van der Waals surface area contributed by atoms with Gasteiger partial charge in [-0.1, -0.05) is 48.5 Å². The first-order chi connectivity index (χ1) is 16.5. The van der Waals surface area contributed by atoms with Crippen molar-refractivity contribution in [2.45, 2.75) is 19.8 Å². The molecule has 1 heterocycles. The van der Waals surface area contributed by atoms with Crippen molar-refractivity contribution in [3.8, 4) is 11.5 Å². The number of amidine groups is 1. The number of hydrogen-bond acceptors (Lipinski definition) is 4. The van der Waals surface area contributed by atoms with Crippen molar-refractivity contribution < 1.29 is 14.3 Å². The van der Waals surface area contributed by atoms with Crippen molar-refractivity contribution in [1.29, 1.82) is 5.41 Å². The van der Waals surface area contributed by atoms with E-state index in [4.69, 9.17) is 20.6 Å². The zero-order valence-electron chi connectivity index (χ0n) is 19.0. The van der Waals surface area contributed by atoms with Gasteiger partial charge in [-0.15, -0.1) is 0 Å². The molecule has 172 valence electrons. The van der Waals surface area contributed by atoms with E-state index in [0.717, 1.165) is 33.9 Å². The standard InChI is InChI=1S/C28H27N3O3/c1-2-33-28(32)26-22(16-20-7-6-8-21(15-20)27(29)30)18-31-25(26)17-19-11-13-24(14-12-19)34-23-9-4-3-5-10-23/h3-15,18,31H,2,16-17H2,1H3,(H3,29,30). The summed E-state index contributed by atoms with van der Waals surface area (Å²) in [6.45, 7) is 2.10. The maximum Gasteiger partial charge on any atom is 0.340 e. The van der Waals surface area contributed by atoms with Crippen molar-refractivity contribution >= 4 is 11.8 Å². The molecule has 0 aliphatic heterocycles. The van der Waals surface area contributed by atoms with Gasteiger partial charge in [0, 0.05) is 23.9 Å². The normalized spacial score (nSPS) is 10.6. The van der Waals surface area contributed by atoms with Gasteiger partial charge in [-0.05, 0) is 60.4 Å². The van der Waals surface area contributed by atoms with Gasteiger partial charge in [0.2, 0.25) is 0 Å². The number of aromatic nitrogens is 1. The molecule has 6 nitrogen and oxygen atoms in total. The van der Waals surface area contributed by atoms with Crippen molar-refractivity contribution in [1.82, 2.24) is 4.98 Å². The minimum atomic E-state index is -0.347. The Bertz CT molecular complexity index is 1280. The third-order valence-corrected chi connectivity index (χ3v) is 5.44. The van der Waals surface area contributed by atoms with Gasteiger partial charge in [0.25, 0.3) is 0 Å². The second kappa shape index (κ2) is 10.5. The van der Waals surface area contributed by atoms with Gasteiger partial charge >= 0.3 is 5.97 Å². The molecule has 0 aliphatic rings. The maximum atomic E-state index is 12.8. The van der Waals surface area contributed by atoms with E-state index in [1.807, 2.05) is 79.0 Å². The molecule has 0 aliphatic carbocycles. The third kappa shape index (κ3) is 5.53. The summed E-state index contributed by atoms with van der Waals surface area (Å²) < 4.78 is 11.2. The van der Waals surface area contributed by atoms with Crippen LogP contribution in [0.4, 0.5) is 0 Å². The minimum Gasteiger partial charge on any atom is -0.462 e. The molecule has 3 aromatic carbocycles. The molecule has 4 aromatic rings. The van der Waals surface area contributed by atoms with Crippen molar-refractivity contribution in [2.24, 2.45) is 5.73 Å². The maximum absolute atomic E-state index is 12.8. The Balaban J connectivity index is 1.55. The van der Waals surface area contributed by atoms with Crippen LogP contribution in [-0.2, 0) is 17.6 Å². The lowest BCUT2D eigenvalue weighted by molar-refractivity contribution is 0.0524. The summed E-state index contributed by atoms with van der Waals surface area (Å²) in [6.07, 6.45) is 2.93. The van der Waals surface area contributed by atoms with E-state index in [1.54, 1.807) is 13.0 Å². The predicted octanol–water partition coefficient (Wildman–Crippen LogP) is 5.45. The molecule has 34 heavy (non-hydrogen) atoms. The number of hydrogen-bond donors (Lipinski definition) is 3.